The van der Waals surface area contributed by atoms with E-state index in [4.69, 9.17) is 16.0 Å². The van der Waals surface area contributed by atoms with Crippen LogP contribution in [0.25, 0.3) is 0 Å². The summed E-state index contributed by atoms with van der Waals surface area (Å²) in [5, 5.41) is 1.93. The SMILES string of the molecule is CC(C)C(NC(=O)c1ccco1)C(=O)Cl. The van der Waals surface area contributed by atoms with Gasteiger partial charge in [-0.25, -0.2) is 0 Å². The Balaban J connectivity index is 2.67. The zero-order chi connectivity index (χ0) is 11.4. The highest BCUT2D eigenvalue weighted by atomic mass is 35.5. The minimum absolute atomic E-state index is 0.0612. The van der Waals surface area contributed by atoms with Crippen LogP contribution in [0.15, 0.2) is 22.8 Å². The molecule has 15 heavy (non-hydrogen) atoms. The van der Waals surface area contributed by atoms with Crippen LogP contribution in [0.3, 0.4) is 0 Å². The fourth-order valence-corrected chi connectivity index (χ4v) is 1.41. The van der Waals surface area contributed by atoms with Gasteiger partial charge in [0, 0.05) is 0 Å². The van der Waals surface area contributed by atoms with Crippen molar-refractivity contribution in [2.75, 3.05) is 0 Å². The predicted molar refractivity (Wildman–Crippen MR) is 55.7 cm³/mol. The third-order valence-electron chi connectivity index (χ3n) is 1.94. The van der Waals surface area contributed by atoms with E-state index >= 15 is 0 Å². The number of hydrogen-bond donors (Lipinski definition) is 1. The first-order valence-corrected chi connectivity index (χ1v) is 4.94. The number of carbonyl (C=O) groups excluding carboxylic acids is 2. The van der Waals surface area contributed by atoms with E-state index in [1.165, 1.54) is 12.3 Å². The molecule has 0 aliphatic rings. The molecule has 1 aromatic rings. The lowest BCUT2D eigenvalue weighted by Gasteiger charge is -2.17. The Morgan fingerprint density at radius 2 is 2.13 bits per heavy atom. The number of nitrogens with one attached hydrogen (secondary N) is 1. The third-order valence-corrected chi connectivity index (χ3v) is 2.18. The van der Waals surface area contributed by atoms with Crippen molar-refractivity contribution in [3.8, 4) is 0 Å². The first-order chi connectivity index (χ1) is 7.02. The summed E-state index contributed by atoms with van der Waals surface area (Å²) in [6, 6.07) is 2.43. The Kier molecular flexibility index (Phi) is 3.91. The standard InChI is InChI=1S/C10H12ClNO3/c1-6(2)8(9(11)13)12-10(14)7-4-3-5-15-7/h3-6,8H,1-2H3,(H,12,14). The number of hydrogen-bond acceptors (Lipinski definition) is 3. The van der Waals surface area contributed by atoms with Crippen LogP contribution in [0.4, 0.5) is 0 Å². The van der Waals surface area contributed by atoms with E-state index in [2.05, 4.69) is 5.32 Å². The monoisotopic (exact) mass is 229 g/mol. The fraction of sp³-hybridized carbons (Fsp3) is 0.400. The lowest BCUT2D eigenvalue weighted by Crippen LogP contribution is -2.42. The van der Waals surface area contributed by atoms with Gasteiger partial charge >= 0.3 is 0 Å². The Morgan fingerprint density at radius 3 is 2.53 bits per heavy atom. The molecule has 82 valence electrons. The number of amides is 1. The second-order valence-corrected chi connectivity index (χ2v) is 3.85. The summed E-state index contributed by atoms with van der Waals surface area (Å²) in [6.45, 7) is 3.60. The number of halogens is 1. The number of furan rings is 1. The molecular weight excluding hydrogens is 218 g/mol. The molecule has 1 aromatic heterocycles. The highest BCUT2D eigenvalue weighted by Gasteiger charge is 2.23. The lowest BCUT2D eigenvalue weighted by molar-refractivity contribution is -0.114. The lowest BCUT2D eigenvalue weighted by atomic mass is 10.1. The maximum atomic E-state index is 11.5. The molecule has 0 saturated carbocycles. The maximum Gasteiger partial charge on any atom is 0.287 e. The molecule has 0 aromatic carbocycles. The van der Waals surface area contributed by atoms with Crippen LogP contribution in [0, 0.1) is 5.92 Å². The van der Waals surface area contributed by atoms with Crippen LogP contribution in [0.1, 0.15) is 24.4 Å². The summed E-state index contributed by atoms with van der Waals surface area (Å²) in [5.41, 5.74) is 0. The molecule has 1 amide bonds. The van der Waals surface area contributed by atoms with Gasteiger partial charge in [-0.2, -0.15) is 0 Å². The van der Waals surface area contributed by atoms with Crippen LogP contribution in [0.2, 0.25) is 0 Å². The number of rotatable bonds is 4. The molecule has 5 heteroatoms. The van der Waals surface area contributed by atoms with Crippen LogP contribution < -0.4 is 5.32 Å². The zero-order valence-electron chi connectivity index (χ0n) is 8.49. The average Bonchev–Trinajstić information content (AvgIpc) is 2.65. The van der Waals surface area contributed by atoms with Gasteiger partial charge in [0.1, 0.15) is 6.04 Å². The average molecular weight is 230 g/mol. The second kappa shape index (κ2) is 4.98. The van der Waals surface area contributed by atoms with Crippen LogP contribution in [0.5, 0.6) is 0 Å². The van der Waals surface area contributed by atoms with E-state index in [0.717, 1.165) is 0 Å². The molecular formula is C10H12ClNO3. The zero-order valence-corrected chi connectivity index (χ0v) is 9.25. The van der Waals surface area contributed by atoms with Crippen LogP contribution in [-0.2, 0) is 4.79 Å². The molecule has 0 radical (unpaired) electrons. The van der Waals surface area contributed by atoms with Crippen molar-refractivity contribution in [1.29, 1.82) is 0 Å². The predicted octanol–water partition coefficient (Wildman–Crippen LogP) is 1.80. The minimum atomic E-state index is -0.690. The van der Waals surface area contributed by atoms with Gasteiger partial charge < -0.3 is 9.73 Å². The van der Waals surface area contributed by atoms with Crippen molar-refractivity contribution in [3.05, 3.63) is 24.2 Å². The molecule has 1 rings (SSSR count). The van der Waals surface area contributed by atoms with Gasteiger partial charge in [-0.05, 0) is 29.7 Å². The van der Waals surface area contributed by atoms with Crippen molar-refractivity contribution >= 4 is 22.8 Å². The van der Waals surface area contributed by atoms with E-state index in [0.29, 0.717) is 0 Å². The molecule has 1 N–H and O–H groups in total. The molecule has 1 unspecified atom stereocenters. The minimum Gasteiger partial charge on any atom is -0.459 e. The van der Waals surface area contributed by atoms with Crippen molar-refractivity contribution in [3.63, 3.8) is 0 Å². The Labute approximate surface area is 92.6 Å². The second-order valence-electron chi connectivity index (χ2n) is 3.48. The van der Waals surface area contributed by atoms with Gasteiger partial charge in [-0.1, -0.05) is 13.8 Å². The molecule has 0 saturated heterocycles. The fourth-order valence-electron chi connectivity index (χ4n) is 1.11. The number of carbonyl (C=O) groups is 2. The van der Waals surface area contributed by atoms with E-state index in [1.807, 2.05) is 0 Å². The maximum absolute atomic E-state index is 11.5. The van der Waals surface area contributed by atoms with Crippen molar-refractivity contribution in [1.82, 2.24) is 5.32 Å². The van der Waals surface area contributed by atoms with Gasteiger partial charge in [-0.15, -0.1) is 0 Å². The molecule has 4 nitrogen and oxygen atoms in total. The van der Waals surface area contributed by atoms with Gasteiger partial charge in [0.15, 0.2) is 5.76 Å². The smallest absolute Gasteiger partial charge is 0.287 e. The molecule has 0 spiro atoms. The molecule has 1 atom stereocenters. The van der Waals surface area contributed by atoms with E-state index in [1.54, 1.807) is 19.9 Å². The molecule has 0 fully saturated rings. The molecule has 0 bridgehead atoms. The van der Waals surface area contributed by atoms with E-state index < -0.39 is 17.2 Å². The summed E-state index contributed by atoms with van der Waals surface area (Å²) in [6.07, 6.45) is 1.39. The highest BCUT2D eigenvalue weighted by molar-refractivity contribution is 6.64. The highest BCUT2D eigenvalue weighted by Crippen LogP contribution is 2.07. The normalized spacial score (nSPS) is 12.5. The molecule has 0 aliphatic carbocycles. The van der Waals surface area contributed by atoms with Gasteiger partial charge in [-0.3, -0.25) is 9.59 Å². The molecule has 1 heterocycles. The van der Waals surface area contributed by atoms with Gasteiger partial charge in [0.25, 0.3) is 5.91 Å². The third kappa shape index (κ3) is 3.09. The van der Waals surface area contributed by atoms with E-state index in [9.17, 15) is 9.59 Å². The van der Waals surface area contributed by atoms with Crippen molar-refractivity contribution in [2.45, 2.75) is 19.9 Å². The quantitative estimate of drug-likeness (QED) is 0.801. The van der Waals surface area contributed by atoms with Crippen molar-refractivity contribution < 1.29 is 14.0 Å². The van der Waals surface area contributed by atoms with Crippen molar-refractivity contribution in [2.24, 2.45) is 5.92 Å². The van der Waals surface area contributed by atoms with Gasteiger partial charge in [0.05, 0.1) is 6.26 Å². The summed E-state index contributed by atoms with van der Waals surface area (Å²) in [5.74, 6) is -0.333. The molecule has 0 aliphatic heterocycles. The first-order valence-electron chi connectivity index (χ1n) is 4.56. The Hall–Kier alpha value is -1.29. The van der Waals surface area contributed by atoms with Crippen LogP contribution in [-0.4, -0.2) is 17.2 Å². The Bertz CT molecular complexity index is 346. The van der Waals surface area contributed by atoms with Gasteiger partial charge in [0.2, 0.25) is 5.24 Å². The summed E-state index contributed by atoms with van der Waals surface area (Å²) in [4.78, 5) is 22.5. The first kappa shape index (κ1) is 11.8. The van der Waals surface area contributed by atoms with Crippen LogP contribution >= 0.6 is 11.6 Å². The topological polar surface area (TPSA) is 59.3 Å². The summed E-state index contributed by atoms with van der Waals surface area (Å²) in [7, 11) is 0. The Morgan fingerprint density at radius 1 is 1.47 bits per heavy atom. The summed E-state index contributed by atoms with van der Waals surface area (Å²) < 4.78 is 4.89. The summed E-state index contributed by atoms with van der Waals surface area (Å²) >= 11 is 5.36. The van der Waals surface area contributed by atoms with E-state index in [-0.39, 0.29) is 11.7 Å². The largest absolute Gasteiger partial charge is 0.459 e.